The van der Waals surface area contributed by atoms with Crippen molar-refractivity contribution in [2.75, 3.05) is 6.54 Å². The first-order valence-electron chi connectivity index (χ1n) is 2.61. The van der Waals surface area contributed by atoms with Gasteiger partial charge in [-0.05, 0) is 7.60 Å². The normalized spacial score (nSPS) is 17.1. The van der Waals surface area contributed by atoms with E-state index in [0.717, 1.165) is 0 Å². The van der Waals surface area contributed by atoms with Crippen LogP contribution in [-0.2, 0) is 9.13 Å². The van der Waals surface area contributed by atoms with Gasteiger partial charge >= 0.3 is 88.7 Å². The Kier molecular flexibility index (Phi) is 23.8. The van der Waals surface area contributed by atoms with Crippen LogP contribution in [0.1, 0.15) is 0 Å². The molecular weight excluding hydrogens is 302 g/mol. The Morgan fingerprint density at radius 1 is 1.12 bits per heavy atom. The molecule has 0 bridgehead atoms. The molecule has 0 saturated carbocycles. The summed E-state index contributed by atoms with van der Waals surface area (Å²) in [6.45, 7) is -1.19. The molecule has 14 heteroatoms. The molecule has 0 aliphatic rings. The van der Waals surface area contributed by atoms with Crippen molar-refractivity contribution in [3.05, 3.63) is 0 Å². The smallest absolute Gasteiger partial charge is 0.809 e. The summed E-state index contributed by atoms with van der Waals surface area (Å²) in [4.78, 5) is 39.2. The second-order valence-electron chi connectivity index (χ2n) is 2.10. The molecule has 0 fully saturated rings. The molecular formula is C2H7N2Na4O6P2. The van der Waals surface area contributed by atoms with Gasteiger partial charge < -0.3 is 40.2 Å². The van der Waals surface area contributed by atoms with Gasteiger partial charge in [-0.3, -0.25) is 0 Å². The van der Waals surface area contributed by atoms with Gasteiger partial charge in [-0.15, -0.1) is 0 Å². The molecule has 1 radical (unpaired) electrons. The van der Waals surface area contributed by atoms with E-state index in [2.05, 4.69) is 11.5 Å². The van der Waals surface area contributed by atoms with E-state index < -0.39 is 26.8 Å². The number of hydrogen-bond acceptors (Lipinski definition) is 7. The van der Waals surface area contributed by atoms with E-state index in [4.69, 9.17) is 4.89 Å². The monoisotopic (exact) mass is 309 g/mol. The van der Waals surface area contributed by atoms with Crippen molar-refractivity contribution in [1.29, 1.82) is 0 Å². The zero-order valence-electron chi connectivity index (χ0n) is 9.74. The molecule has 0 saturated heterocycles. The summed E-state index contributed by atoms with van der Waals surface area (Å²) in [5, 5.41) is -3.31. The van der Waals surface area contributed by atoms with Crippen LogP contribution < -0.4 is 115 Å². The zero-order chi connectivity index (χ0) is 10.2. The molecule has 0 spiro atoms. The van der Waals surface area contributed by atoms with Crippen molar-refractivity contribution < 1.29 is 117 Å². The van der Waals surface area contributed by atoms with E-state index in [1.165, 1.54) is 0 Å². The first-order chi connectivity index (χ1) is 5.06. The van der Waals surface area contributed by atoms with Crippen molar-refractivity contribution in [3.63, 3.8) is 0 Å². The van der Waals surface area contributed by atoms with E-state index in [0.29, 0.717) is 0 Å². The minimum absolute atomic E-state index is 0. The summed E-state index contributed by atoms with van der Waals surface area (Å²) >= 11 is 0. The molecule has 0 aromatic rings. The molecule has 5 N–H and O–H groups in total. The topological polar surface area (TPSA) is 176 Å². The third kappa shape index (κ3) is 8.49. The van der Waals surface area contributed by atoms with Crippen LogP contribution in [0.3, 0.4) is 0 Å². The molecule has 2 atom stereocenters. The standard InChI is InChI=1S/C2H10N2O6P2.4Na/c3-1-2(4,11(5,6)7)12(8,9)10;;;;/h1,3-4H2,(H2,5,6,7)(H2,8,9,10);;;;/q;;3*+1/p-3. The minimum Gasteiger partial charge on any atom is -0.809 e. The van der Waals surface area contributed by atoms with Gasteiger partial charge in [-0.2, -0.15) is 0 Å². The summed E-state index contributed by atoms with van der Waals surface area (Å²) in [5.74, 6) is 0. The predicted octanol–water partition coefficient (Wildman–Crippen LogP) is -13.4. The maximum atomic E-state index is 10.3. The summed E-state index contributed by atoms with van der Waals surface area (Å²) in [5.41, 5.74) is 9.26. The van der Waals surface area contributed by atoms with Crippen molar-refractivity contribution >= 4 is 44.7 Å². The molecule has 0 heterocycles. The van der Waals surface area contributed by atoms with Gasteiger partial charge in [0, 0.05) is 36.1 Å². The van der Waals surface area contributed by atoms with Gasteiger partial charge in [0.25, 0.3) is 0 Å². The second kappa shape index (κ2) is 11.8. The Bertz CT molecular complexity index is 243. The average molecular weight is 309 g/mol. The van der Waals surface area contributed by atoms with Crippen molar-refractivity contribution in [1.82, 2.24) is 0 Å². The average Bonchev–Trinajstić information content (AvgIpc) is 1.81. The molecule has 8 nitrogen and oxygen atoms in total. The Morgan fingerprint density at radius 3 is 1.38 bits per heavy atom. The van der Waals surface area contributed by atoms with Crippen LogP contribution in [0.25, 0.3) is 0 Å². The van der Waals surface area contributed by atoms with Crippen LogP contribution in [0.2, 0.25) is 0 Å². The fourth-order valence-corrected chi connectivity index (χ4v) is 2.07. The van der Waals surface area contributed by atoms with Crippen LogP contribution >= 0.6 is 15.2 Å². The van der Waals surface area contributed by atoms with Crippen LogP contribution in [0.4, 0.5) is 0 Å². The van der Waals surface area contributed by atoms with E-state index in [1.54, 1.807) is 0 Å². The molecule has 0 aromatic carbocycles. The van der Waals surface area contributed by atoms with Crippen LogP contribution in [0.15, 0.2) is 0 Å². The Labute approximate surface area is 182 Å². The predicted molar refractivity (Wildman–Crippen MR) is 39.2 cm³/mol. The summed E-state index contributed by atoms with van der Waals surface area (Å²) in [7, 11) is -11.2. The van der Waals surface area contributed by atoms with Crippen LogP contribution in [-0.4, -0.2) is 46.0 Å². The fraction of sp³-hybridized carbons (Fsp3) is 1.00. The zero-order valence-corrected chi connectivity index (χ0v) is 19.5. The van der Waals surface area contributed by atoms with E-state index in [-0.39, 0.29) is 118 Å². The summed E-state index contributed by atoms with van der Waals surface area (Å²) < 4.78 is 20.6. The maximum absolute atomic E-state index is 10.3. The summed E-state index contributed by atoms with van der Waals surface area (Å²) in [6.07, 6.45) is 0. The molecule has 16 heavy (non-hydrogen) atoms. The molecule has 0 aliphatic carbocycles. The molecule has 0 aliphatic heterocycles. The molecule has 0 aromatic heterocycles. The third-order valence-corrected chi connectivity index (χ3v) is 5.05. The van der Waals surface area contributed by atoms with Crippen molar-refractivity contribution in [3.8, 4) is 0 Å². The number of rotatable bonds is 3. The van der Waals surface area contributed by atoms with Gasteiger partial charge in [0.1, 0.15) is 5.02 Å². The van der Waals surface area contributed by atoms with Gasteiger partial charge in [0.2, 0.25) is 0 Å². The molecule has 0 amide bonds. The van der Waals surface area contributed by atoms with Gasteiger partial charge in [0.15, 0.2) is 7.60 Å². The van der Waals surface area contributed by atoms with Crippen molar-refractivity contribution in [2.24, 2.45) is 11.5 Å². The van der Waals surface area contributed by atoms with Gasteiger partial charge in [0.05, 0.1) is 0 Å². The molecule has 0 rings (SSSR count). The molecule has 2 unspecified atom stereocenters. The first-order valence-corrected chi connectivity index (χ1v) is 5.73. The Balaban J connectivity index is -0.000000101. The second-order valence-corrected chi connectivity index (χ2v) is 6.09. The van der Waals surface area contributed by atoms with Gasteiger partial charge in [-0.1, -0.05) is 0 Å². The van der Waals surface area contributed by atoms with Crippen LogP contribution in [0.5, 0.6) is 0 Å². The maximum Gasteiger partial charge on any atom is 1.00 e. The SMILES string of the molecule is NCC(N)(P(=O)([O-])[O-])P(=O)([O-])O.[Na+].[Na+].[Na+].[Na]. The Hall–Kier alpha value is 4.22. The van der Waals surface area contributed by atoms with Crippen molar-refractivity contribution in [2.45, 2.75) is 5.02 Å². The van der Waals surface area contributed by atoms with E-state index in [9.17, 15) is 23.8 Å². The number of nitrogens with two attached hydrogens (primary N) is 2. The van der Waals surface area contributed by atoms with E-state index >= 15 is 0 Å². The largest absolute Gasteiger partial charge is 1.00 e. The van der Waals surface area contributed by atoms with Gasteiger partial charge in [-0.25, -0.2) is 0 Å². The number of hydrogen-bond donors (Lipinski definition) is 3. The third-order valence-electron chi connectivity index (χ3n) is 1.26. The summed E-state index contributed by atoms with van der Waals surface area (Å²) in [6, 6.07) is 0. The minimum atomic E-state index is -5.68. The quantitative estimate of drug-likeness (QED) is 0.340. The molecule has 75 valence electrons. The Morgan fingerprint density at radius 2 is 1.38 bits per heavy atom. The van der Waals surface area contributed by atoms with Crippen LogP contribution in [0, 0.1) is 0 Å². The fourth-order valence-electron chi connectivity index (χ4n) is 0.382. The van der Waals surface area contributed by atoms with E-state index in [1.807, 2.05) is 0 Å². The first kappa shape index (κ1) is 32.2.